The van der Waals surface area contributed by atoms with Crippen LogP contribution in [0.1, 0.15) is 31.2 Å². The predicted octanol–water partition coefficient (Wildman–Crippen LogP) is 2.14. The van der Waals surface area contributed by atoms with Crippen LogP contribution in [0.25, 0.3) is 0 Å². The predicted molar refractivity (Wildman–Crippen MR) is 72.0 cm³/mol. The quantitative estimate of drug-likeness (QED) is 0.762. The summed E-state index contributed by atoms with van der Waals surface area (Å²) in [5.74, 6) is -0.0931. The van der Waals surface area contributed by atoms with Gasteiger partial charge in [-0.3, -0.25) is 0 Å². The number of nitrogen functional groups attached to an aromatic ring is 1. The molecule has 1 fully saturated rings. The minimum Gasteiger partial charge on any atom is -0.465 e. The first-order valence-electron chi connectivity index (χ1n) is 6.65. The lowest BCUT2D eigenvalue weighted by Crippen LogP contribution is -2.46. The van der Waals surface area contributed by atoms with Gasteiger partial charge in [0, 0.05) is 17.2 Å². The van der Waals surface area contributed by atoms with Crippen molar-refractivity contribution in [2.75, 3.05) is 12.3 Å². The van der Waals surface area contributed by atoms with Gasteiger partial charge in [0.2, 0.25) is 0 Å². The monoisotopic (exact) mass is 263 g/mol. The molecule has 4 nitrogen and oxygen atoms in total. The van der Waals surface area contributed by atoms with E-state index in [-0.39, 0.29) is 17.8 Å². The van der Waals surface area contributed by atoms with Crippen LogP contribution in [0.5, 0.6) is 0 Å². The lowest BCUT2D eigenvalue weighted by Gasteiger charge is -2.44. The van der Waals surface area contributed by atoms with Crippen LogP contribution >= 0.6 is 0 Å². The lowest BCUT2D eigenvalue weighted by molar-refractivity contribution is 0.0843. The van der Waals surface area contributed by atoms with E-state index in [1.165, 1.54) is 6.07 Å². The first-order chi connectivity index (χ1) is 9.12. The number of ether oxygens (including phenoxy) is 1. The number of anilines is 1. The number of nitrogens with zero attached hydrogens (tertiary/aromatic N) is 1. The number of hydrogen-bond donors (Lipinski definition) is 2. The van der Waals surface area contributed by atoms with Crippen LogP contribution in [-0.2, 0) is 10.3 Å². The molecule has 0 saturated heterocycles. The van der Waals surface area contributed by atoms with Crippen molar-refractivity contribution in [3.05, 3.63) is 29.6 Å². The van der Waals surface area contributed by atoms with Crippen LogP contribution in [0.4, 0.5) is 10.1 Å². The smallest absolute Gasteiger partial charge is 0.282 e. The Morgan fingerprint density at radius 3 is 3.00 bits per heavy atom. The van der Waals surface area contributed by atoms with Crippen molar-refractivity contribution in [2.24, 2.45) is 16.6 Å². The number of amidine groups is 1. The van der Waals surface area contributed by atoms with Crippen LogP contribution in [0.3, 0.4) is 0 Å². The number of aliphatic imine (C=N–C) groups is 1. The van der Waals surface area contributed by atoms with E-state index in [1.54, 1.807) is 12.1 Å². The SMILES string of the molecule is NC1=N[C@@]2(c3cc(N)ccc3F)CCCCC2CO1. The number of rotatable bonds is 1. The minimum atomic E-state index is -0.597. The molecule has 0 amide bonds. The van der Waals surface area contributed by atoms with E-state index in [9.17, 15) is 4.39 Å². The maximum absolute atomic E-state index is 14.2. The van der Waals surface area contributed by atoms with Crippen molar-refractivity contribution in [3.63, 3.8) is 0 Å². The zero-order valence-electron chi connectivity index (χ0n) is 10.7. The van der Waals surface area contributed by atoms with Gasteiger partial charge in [0.25, 0.3) is 6.02 Å². The molecular formula is C14H18FN3O. The van der Waals surface area contributed by atoms with Crippen LogP contribution < -0.4 is 11.5 Å². The van der Waals surface area contributed by atoms with Gasteiger partial charge >= 0.3 is 0 Å². The maximum atomic E-state index is 14.2. The average Bonchev–Trinajstić information content (AvgIpc) is 2.41. The normalized spacial score (nSPS) is 30.2. The van der Waals surface area contributed by atoms with Crippen LogP contribution in [0, 0.1) is 11.7 Å². The highest BCUT2D eigenvalue weighted by atomic mass is 19.1. The van der Waals surface area contributed by atoms with Gasteiger partial charge in [-0.1, -0.05) is 12.8 Å². The molecule has 0 bridgehead atoms. The van der Waals surface area contributed by atoms with Crippen LogP contribution in [0.2, 0.25) is 0 Å². The molecule has 19 heavy (non-hydrogen) atoms. The molecule has 3 rings (SSSR count). The fraction of sp³-hybridized carbons (Fsp3) is 0.500. The third-order valence-electron chi connectivity index (χ3n) is 4.23. The van der Waals surface area contributed by atoms with Crippen molar-refractivity contribution in [3.8, 4) is 0 Å². The third-order valence-corrected chi connectivity index (χ3v) is 4.23. The fourth-order valence-electron chi connectivity index (χ4n) is 3.30. The molecule has 1 aliphatic heterocycles. The summed E-state index contributed by atoms with van der Waals surface area (Å²) in [5, 5.41) is 0. The number of hydrogen-bond acceptors (Lipinski definition) is 4. The highest BCUT2D eigenvalue weighted by molar-refractivity contribution is 5.73. The highest BCUT2D eigenvalue weighted by Crippen LogP contribution is 2.47. The molecule has 102 valence electrons. The molecule has 5 heteroatoms. The Hall–Kier alpha value is -1.78. The summed E-state index contributed by atoms with van der Waals surface area (Å²) in [7, 11) is 0. The number of benzene rings is 1. The average molecular weight is 263 g/mol. The van der Waals surface area contributed by atoms with E-state index in [1.807, 2.05) is 0 Å². The second-order valence-corrected chi connectivity index (χ2v) is 5.37. The lowest BCUT2D eigenvalue weighted by atomic mass is 9.69. The summed E-state index contributed by atoms with van der Waals surface area (Å²) in [6.07, 6.45) is 3.91. The van der Waals surface area contributed by atoms with Crippen LogP contribution in [-0.4, -0.2) is 12.6 Å². The molecule has 1 aliphatic carbocycles. The molecule has 2 aliphatic rings. The highest BCUT2D eigenvalue weighted by Gasteiger charge is 2.46. The summed E-state index contributed by atoms with van der Waals surface area (Å²) < 4.78 is 19.6. The summed E-state index contributed by atoms with van der Waals surface area (Å²) in [4.78, 5) is 4.48. The second kappa shape index (κ2) is 4.40. The van der Waals surface area contributed by atoms with E-state index in [4.69, 9.17) is 16.2 Å². The van der Waals surface area contributed by atoms with Gasteiger partial charge in [-0.05, 0) is 31.0 Å². The molecule has 0 aromatic heterocycles. The molecule has 2 atom stereocenters. The van der Waals surface area contributed by atoms with Gasteiger partial charge in [0.1, 0.15) is 11.4 Å². The first-order valence-corrected chi connectivity index (χ1v) is 6.65. The molecule has 1 saturated carbocycles. The van der Waals surface area contributed by atoms with Crippen molar-refractivity contribution in [2.45, 2.75) is 31.2 Å². The molecule has 0 spiro atoms. The van der Waals surface area contributed by atoms with Crippen molar-refractivity contribution < 1.29 is 9.13 Å². The Morgan fingerprint density at radius 2 is 2.16 bits per heavy atom. The standard InChI is InChI=1S/C14H18FN3O/c15-12-5-4-10(16)7-11(12)14-6-2-1-3-9(14)8-19-13(17)18-14/h4-5,7,9H,1-3,6,8,16H2,(H2,17,18)/t9?,14-/m0/s1. The van der Waals surface area contributed by atoms with Crippen molar-refractivity contribution in [1.82, 2.24) is 0 Å². The van der Waals surface area contributed by atoms with Crippen molar-refractivity contribution in [1.29, 1.82) is 0 Å². The largest absolute Gasteiger partial charge is 0.465 e. The molecule has 1 aromatic rings. The van der Waals surface area contributed by atoms with Gasteiger partial charge < -0.3 is 16.2 Å². The number of nitrogens with two attached hydrogens (primary N) is 2. The van der Waals surface area contributed by atoms with Crippen molar-refractivity contribution >= 4 is 11.7 Å². The number of halogens is 1. The van der Waals surface area contributed by atoms with Crippen LogP contribution in [0.15, 0.2) is 23.2 Å². The van der Waals surface area contributed by atoms with Gasteiger partial charge in [0.15, 0.2) is 0 Å². The van der Waals surface area contributed by atoms with Gasteiger partial charge in [-0.15, -0.1) is 0 Å². The van der Waals surface area contributed by atoms with E-state index >= 15 is 0 Å². The van der Waals surface area contributed by atoms with E-state index in [0.717, 1.165) is 25.7 Å². The minimum absolute atomic E-state index is 0.153. The Bertz CT molecular complexity index is 531. The van der Waals surface area contributed by atoms with Gasteiger partial charge in [-0.2, -0.15) is 0 Å². The Kier molecular flexibility index (Phi) is 2.84. The molecular weight excluding hydrogens is 245 g/mol. The zero-order valence-corrected chi connectivity index (χ0v) is 10.7. The molecule has 4 N–H and O–H groups in total. The Balaban J connectivity index is 2.16. The van der Waals surface area contributed by atoms with E-state index in [2.05, 4.69) is 4.99 Å². The first kappa shape index (κ1) is 12.3. The Morgan fingerprint density at radius 1 is 1.32 bits per heavy atom. The number of fused-ring (bicyclic) bond motifs is 1. The summed E-state index contributed by atoms with van der Waals surface area (Å²) in [6, 6.07) is 4.82. The summed E-state index contributed by atoms with van der Waals surface area (Å²) in [5.41, 5.74) is 12.0. The van der Waals surface area contributed by atoms with Gasteiger partial charge in [0.05, 0.1) is 6.61 Å². The second-order valence-electron chi connectivity index (χ2n) is 5.37. The Labute approximate surface area is 111 Å². The third kappa shape index (κ3) is 1.93. The van der Waals surface area contributed by atoms with E-state index < -0.39 is 5.54 Å². The van der Waals surface area contributed by atoms with E-state index in [0.29, 0.717) is 17.9 Å². The molecule has 1 unspecified atom stereocenters. The summed E-state index contributed by atoms with van der Waals surface area (Å²) >= 11 is 0. The zero-order chi connectivity index (χ0) is 13.5. The summed E-state index contributed by atoms with van der Waals surface area (Å²) in [6.45, 7) is 0.504. The molecule has 1 heterocycles. The van der Waals surface area contributed by atoms with Gasteiger partial charge in [-0.25, -0.2) is 9.38 Å². The fourth-order valence-corrected chi connectivity index (χ4v) is 3.30. The molecule has 0 radical (unpaired) electrons. The molecule has 1 aromatic carbocycles. The maximum Gasteiger partial charge on any atom is 0.282 e. The topological polar surface area (TPSA) is 73.6 Å².